The second kappa shape index (κ2) is 10.7. The Hall–Kier alpha value is -2.23. The van der Waals surface area contributed by atoms with E-state index in [9.17, 15) is 15.0 Å². The van der Waals surface area contributed by atoms with Crippen LogP contribution in [0.3, 0.4) is 0 Å². The van der Waals surface area contributed by atoms with Crippen LogP contribution in [0.4, 0.5) is 0 Å². The molecule has 4 heteroatoms. The van der Waals surface area contributed by atoms with Crippen molar-refractivity contribution >= 4 is 5.97 Å². The van der Waals surface area contributed by atoms with Crippen LogP contribution >= 0.6 is 0 Å². The minimum absolute atomic E-state index is 0.0228. The number of carbonyl (C=O) groups is 1. The van der Waals surface area contributed by atoms with Gasteiger partial charge < -0.3 is 14.9 Å². The standard InChI is InChI=1S/C22H32O4/c1-6-7-11-17-14-19(23)18(21(24)20(17)22(25)26-5)13-12-16(4)10-8-9-15(2)3/h9,12,14,23-24H,6-8,10-11,13H2,1-5H3/b16-12+. The zero-order valence-electron chi connectivity index (χ0n) is 16.7. The maximum atomic E-state index is 12.1. The van der Waals surface area contributed by atoms with Gasteiger partial charge in [-0.3, -0.25) is 0 Å². The van der Waals surface area contributed by atoms with Crippen molar-refractivity contribution in [2.24, 2.45) is 0 Å². The number of phenolic OH excluding ortho intramolecular Hbond substituents is 2. The van der Waals surface area contributed by atoms with Gasteiger partial charge in [-0.15, -0.1) is 0 Å². The molecule has 0 atom stereocenters. The van der Waals surface area contributed by atoms with Crippen molar-refractivity contribution in [3.63, 3.8) is 0 Å². The Morgan fingerprint density at radius 1 is 1.19 bits per heavy atom. The van der Waals surface area contributed by atoms with Crippen LogP contribution in [0.25, 0.3) is 0 Å². The van der Waals surface area contributed by atoms with Crippen molar-refractivity contribution in [1.82, 2.24) is 0 Å². The first-order valence-corrected chi connectivity index (χ1v) is 9.25. The zero-order chi connectivity index (χ0) is 19.7. The van der Waals surface area contributed by atoms with E-state index in [1.807, 2.05) is 13.0 Å². The molecule has 0 aliphatic heterocycles. The highest BCUT2D eigenvalue weighted by molar-refractivity contribution is 5.95. The molecule has 1 aromatic rings. The van der Waals surface area contributed by atoms with Gasteiger partial charge in [0, 0.05) is 5.56 Å². The van der Waals surface area contributed by atoms with E-state index < -0.39 is 5.97 Å². The molecule has 26 heavy (non-hydrogen) atoms. The average molecular weight is 360 g/mol. The lowest BCUT2D eigenvalue weighted by molar-refractivity contribution is 0.0596. The Balaban J connectivity index is 3.11. The number of allylic oxidation sites excluding steroid dienone is 4. The summed E-state index contributed by atoms with van der Waals surface area (Å²) < 4.78 is 4.83. The molecule has 0 unspecified atom stereocenters. The van der Waals surface area contributed by atoms with Crippen LogP contribution in [-0.4, -0.2) is 23.3 Å². The SMILES string of the molecule is CCCCc1cc(O)c(C/C=C(\C)CCC=C(C)C)c(O)c1C(=O)OC. The largest absolute Gasteiger partial charge is 0.508 e. The maximum Gasteiger partial charge on any atom is 0.341 e. The fourth-order valence-electron chi connectivity index (χ4n) is 2.81. The van der Waals surface area contributed by atoms with E-state index in [1.54, 1.807) is 6.07 Å². The van der Waals surface area contributed by atoms with E-state index in [2.05, 4.69) is 26.8 Å². The second-order valence-electron chi connectivity index (χ2n) is 6.93. The number of unbranched alkanes of at least 4 members (excludes halogenated alkanes) is 1. The summed E-state index contributed by atoms with van der Waals surface area (Å²) in [5, 5.41) is 21.0. The molecule has 1 rings (SSSR count). The lowest BCUT2D eigenvalue weighted by Gasteiger charge is -2.15. The van der Waals surface area contributed by atoms with E-state index in [4.69, 9.17) is 4.74 Å². The first-order valence-electron chi connectivity index (χ1n) is 9.25. The van der Waals surface area contributed by atoms with Gasteiger partial charge in [0.25, 0.3) is 0 Å². The molecule has 0 saturated heterocycles. The maximum absolute atomic E-state index is 12.1. The summed E-state index contributed by atoms with van der Waals surface area (Å²) in [5.41, 5.74) is 3.63. The highest BCUT2D eigenvalue weighted by Gasteiger charge is 2.22. The average Bonchev–Trinajstić information content (AvgIpc) is 2.58. The van der Waals surface area contributed by atoms with Gasteiger partial charge in [0.05, 0.1) is 7.11 Å². The van der Waals surface area contributed by atoms with Gasteiger partial charge in [-0.25, -0.2) is 4.79 Å². The molecule has 0 saturated carbocycles. The Morgan fingerprint density at radius 2 is 1.88 bits per heavy atom. The third-order valence-corrected chi connectivity index (χ3v) is 4.40. The Labute approximate surface area is 157 Å². The smallest absolute Gasteiger partial charge is 0.341 e. The summed E-state index contributed by atoms with van der Waals surface area (Å²) in [4.78, 5) is 12.1. The fraction of sp³-hybridized carbons (Fsp3) is 0.500. The van der Waals surface area contributed by atoms with Crippen LogP contribution in [0.5, 0.6) is 11.5 Å². The number of phenols is 2. The molecule has 0 aromatic heterocycles. The quantitative estimate of drug-likeness (QED) is 0.453. The molecule has 0 bridgehead atoms. The van der Waals surface area contributed by atoms with Gasteiger partial charge in [0.2, 0.25) is 0 Å². The van der Waals surface area contributed by atoms with Gasteiger partial charge in [0.15, 0.2) is 0 Å². The number of esters is 1. The summed E-state index contributed by atoms with van der Waals surface area (Å²) in [6.07, 6.45) is 8.86. The molecule has 0 aliphatic carbocycles. The van der Waals surface area contributed by atoms with Gasteiger partial charge in [-0.05, 0) is 64.5 Å². The number of benzene rings is 1. The van der Waals surface area contributed by atoms with Crippen LogP contribution in [0.2, 0.25) is 0 Å². The van der Waals surface area contributed by atoms with E-state index in [0.29, 0.717) is 24.0 Å². The molecule has 2 N–H and O–H groups in total. The van der Waals surface area contributed by atoms with Crippen molar-refractivity contribution in [2.75, 3.05) is 7.11 Å². The van der Waals surface area contributed by atoms with Gasteiger partial charge >= 0.3 is 5.97 Å². The Bertz CT molecular complexity index is 680. The van der Waals surface area contributed by atoms with Crippen LogP contribution in [0, 0.1) is 0 Å². The van der Waals surface area contributed by atoms with Crippen molar-refractivity contribution in [3.05, 3.63) is 46.1 Å². The van der Waals surface area contributed by atoms with E-state index in [0.717, 1.165) is 25.7 Å². The molecular formula is C22H32O4. The number of carbonyl (C=O) groups excluding carboxylic acids is 1. The number of aromatic hydroxyl groups is 2. The molecule has 144 valence electrons. The monoisotopic (exact) mass is 360 g/mol. The number of ether oxygens (including phenoxy) is 1. The number of rotatable bonds is 9. The van der Waals surface area contributed by atoms with Crippen molar-refractivity contribution in [1.29, 1.82) is 0 Å². The minimum atomic E-state index is -0.570. The summed E-state index contributed by atoms with van der Waals surface area (Å²) in [5.74, 6) is -0.718. The normalized spacial score (nSPS) is 11.3. The molecule has 0 aliphatic rings. The van der Waals surface area contributed by atoms with Gasteiger partial charge in [0.1, 0.15) is 17.1 Å². The van der Waals surface area contributed by atoms with Crippen LogP contribution < -0.4 is 0 Å². The summed E-state index contributed by atoms with van der Waals surface area (Å²) >= 11 is 0. The number of methoxy groups -OCH3 is 1. The molecule has 0 radical (unpaired) electrons. The zero-order valence-corrected chi connectivity index (χ0v) is 16.7. The molecule has 0 amide bonds. The first-order chi connectivity index (χ1) is 12.3. The second-order valence-corrected chi connectivity index (χ2v) is 6.93. The first kappa shape index (κ1) is 21.8. The lowest BCUT2D eigenvalue weighted by Crippen LogP contribution is -2.08. The molecule has 0 heterocycles. The predicted molar refractivity (Wildman–Crippen MR) is 106 cm³/mol. The summed E-state index contributed by atoms with van der Waals surface area (Å²) in [6, 6.07) is 1.59. The number of hydrogen-bond acceptors (Lipinski definition) is 4. The topological polar surface area (TPSA) is 66.8 Å². The minimum Gasteiger partial charge on any atom is -0.508 e. The molecule has 0 spiro atoms. The third-order valence-electron chi connectivity index (χ3n) is 4.40. The highest BCUT2D eigenvalue weighted by atomic mass is 16.5. The Morgan fingerprint density at radius 3 is 2.46 bits per heavy atom. The molecule has 4 nitrogen and oxygen atoms in total. The molecule has 0 fully saturated rings. The predicted octanol–water partition coefficient (Wildman–Crippen LogP) is 5.46. The summed E-state index contributed by atoms with van der Waals surface area (Å²) in [7, 11) is 1.30. The number of hydrogen-bond donors (Lipinski definition) is 2. The third kappa shape index (κ3) is 6.25. The molecular weight excluding hydrogens is 328 g/mol. The number of aryl methyl sites for hydroxylation is 1. The molecule has 1 aromatic carbocycles. The Kier molecular flexibility index (Phi) is 8.97. The van der Waals surface area contributed by atoms with Crippen LogP contribution in [0.1, 0.15) is 74.9 Å². The summed E-state index contributed by atoms with van der Waals surface area (Å²) in [6.45, 7) is 8.23. The van der Waals surface area contributed by atoms with Gasteiger partial charge in [-0.1, -0.05) is 36.6 Å². The lowest BCUT2D eigenvalue weighted by atomic mass is 9.95. The van der Waals surface area contributed by atoms with E-state index in [-0.39, 0.29) is 17.1 Å². The van der Waals surface area contributed by atoms with Crippen molar-refractivity contribution in [2.45, 2.75) is 66.2 Å². The fourth-order valence-corrected chi connectivity index (χ4v) is 2.81. The van der Waals surface area contributed by atoms with Crippen LogP contribution in [0.15, 0.2) is 29.4 Å². The van der Waals surface area contributed by atoms with Crippen LogP contribution in [-0.2, 0) is 17.6 Å². The van der Waals surface area contributed by atoms with Crippen molar-refractivity contribution < 1.29 is 19.7 Å². The van der Waals surface area contributed by atoms with Gasteiger partial charge in [-0.2, -0.15) is 0 Å². The van der Waals surface area contributed by atoms with E-state index in [1.165, 1.54) is 18.3 Å². The highest BCUT2D eigenvalue weighted by Crippen LogP contribution is 2.36. The van der Waals surface area contributed by atoms with Crippen molar-refractivity contribution in [3.8, 4) is 11.5 Å². The van der Waals surface area contributed by atoms with E-state index >= 15 is 0 Å².